The average Bonchev–Trinajstić information content (AvgIpc) is 3.16. The third kappa shape index (κ3) is 4.10. The summed E-state index contributed by atoms with van der Waals surface area (Å²) in [6, 6.07) is 5.74. The molecule has 23 heavy (non-hydrogen) atoms. The molecule has 2 heterocycles. The Balaban J connectivity index is 1.70. The van der Waals surface area contributed by atoms with Crippen molar-refractivity contribution in [2.75, 3.05) is 33.0 Å². The lowest BCUT2D eigenvalue weighted by atomic mass is 10.3. The predicted molar refractivity (Wildman–Crippen MR) is 97.1 cm³/mol. The zero-order chi connectivity index (χ0) is 16.2. The second-order valence-corrected chi connectivity index (χ2v) is 7.64. The normalized spacial score (nSPS) is 17.7. The Bertz CT molecular complexity index is 727. The van der Waals surface area contributed by atoms with E-state index in [4.69, 9.17) is 4.74 Å². The zero-order valence-electron chi connectivity index (χ0n) is 13.2. The molecule has 3 rings (SSSR count). The Morgan fingerprint density at radius 1 is 1.43 bits per heavy atom. The molecule has 1 aliphatic heterocycles. The lowest BCUT2D eigenvalue weighted by Gasteiger charge is -2.10. The van der Waals surface area contributed by atoms with E-state index >= 15 is 0 Å². The monoisotopic (exact) mass is 349 g/mol. The zero-order valence-corrected chi connectivity index (χ0v) is 14.8. The van der Waals surface area contributed by atoms with Crippen molar-refractivity contribution in [2.24, 2.45) is 4.99 Å². The van der Waals surface area contributed by atoms with Crippen molar-refractivity contribution in [1.82, 2.24) is 9.88 Å². The molecular weight excluding hydrogens is 330 g/mol. The minimum absolute atomic E-state index is 0.224. The standard InChI is InChI=1S/C16H19N3O2S2/c1-19(2)6-3-7-21-12-4-5-13-14(8-12)23-16(18-13)15-17-11(9-20)10-22-15/h4-5,8-9,11H,3,6-7,10H2,1-2H3. The molecule has 1 aromatic heterocycles. The van der Waals surface area contributed by atoms with Crippen LogP contribution in [-0.4, -0.2) is 60.3 Å². The number of thiazole rings is 1. The Labute approximate surface area is 143 Å². The number of aliphatic imine (C=N–C) groups is 1. The summed E-state index contributed by atoms with van der Waals surface area (Å²) in [7, 11) is 4.12. The van der Waals surface area contributed by atoms with Gasteiger partial charge in [-0.1, -0.05) is 0 Å². The SMILES string of the molecule is CN(C)CCCOc1ccc2nc(C3=NC(C=O)CS3)sc2c1. The largest absolute Gasteiger partial charge is 0.493 e. The number of nitrogens with zero attached hydrogens (tertiary/aromatic N) is 3. The molecule has 0 radical (unpaired) electrons. The molecule has 0 amide bonds. The van der Waals surface area contributed by atoms with Gasteiger partial charge < -0.3 is 14.4 Å². The van der Waals surface area contributed by atoms with Gasteiger partial charge in [0.2, 0.25) is 0 Å². The van der Waals surface area contributed by atoms with Crippen molar-refractivity contribution in [2.45, 2.75) is 12.5 Å². The second-order valence-electron chi connectivity index (χ2n) is 5.60. The molecule has 0 fully saturated rings. The van der Waals surface area contributed by atoms with Crippen LogP contribution in [0.2, 0.25) is 0 Å². The summed E-state index contributed by atoms with van der Waals surface area (Å²) in [5.41, 5.74) is 0.948. The fraction of sp³-hybridized carbons (Fsp3) is 0.438. The number of aromatic nitrogens is 1. The van der Waals surface area contributed by atoms with Gasteiger partial charge >= 0.3 is 0 Å². The van der Waals surface area contributed by atoms with Gasteiger partial charge in [-0.2, -0.15) is 0 Å². The van der Waals surface area contributed by atoms with E-state index in [9.17, 15) is 4.79 Å². The van der Waals surface area contributed by atoms with Gasteiger partial charge in [0.15, 0.2) is 0 Å². The number of carbonyl (C=O) groups excluding carboxylic acids is 1. The lowest BCUT2D eigenvalue weighted by Crippen LogP contribution is -2.15. The van der Waals surface area contributed by atoms with E-state index in [1.165, 1.54) is 0 Å². The van der Waals surface area contributed by atoms with Crippen LogP contribution >= 0.6 is 23.1 Å². The van der Waals surface area contributed by atoms with Crippen LogP contribution in [0.4, 0.5) is 0 Å². The topological polar surface area (TPSA) is 54.8 Å². The van der Waals surface area contributed by atoms with Gasteiger partial charge in [-0.15, -0.1) is 23.1 Å². The number of fused-ring (bicyclic) bond motifs is 1. The summed E-state index contributed by atoms with van der Waals surface area (Å²) in [5, 5.41) is 1.76. The van der Waals surface area contributed by atoms with Gasteiger partial charge in [0.25, 0.3) is 0 Å². The van der Waals surface area contributed by atoms with Crippen molar-refractivity contribution >= 4 is 44.6 Å². The fourth-order valence-electron chi connectivity index (χ4n) is 2.23. The summed E-state index contributed by atoms with van der Waals surface area (Å²) in [6.07, 6.45) is 1.90. The summed E-state index contributed by atoms with van der Waals surface area (Å²) >= 11 is 3.20. The van der Waals surface area contributed by atoms with E-state index in [1.807, 2.05) is 18.2 Å². The summed E-state index contributed by atoms with van der Waals surface area (Å²) in [6.45, 7) is 1.72. The first-order valence-corrected chi connectivity index (χ1v) is 9.30. The number of hydrogen-bond donors (Lipinski definition) is 0. The van der Waals surface area contributed by atoms with Crippen LogP contribution in [0.25, 0.3) is 10.2 Å². The van der Waals surface area contributed by atoms with Crippen molar-refractivity contribution < 1.29 is 9.53 Å². The van der Waals surface area contributed by atoms with Crippen LogP contribution in [0.1, 0.15) is 11.4 Å². The van der Waals surface area contributed by atoms with Crippen LogP contribution in [0.5, 0.6) is 5.75 Å². The molecule has 0 bridgehead atoms. The van der Waals surface area contributed by atoms with Crippen LogP contribution in [0, 0.1) is 0 Å². The third-order valence-corrected chi connectivity index (χ3v) is 5.63. The first-order chi connectivity index (χ1) is 11.2. The van der Waals surface area contributed by atoms with E-state index in [2.05, 4.69) is 29.0 Å². The summed E-state index contributed by atoms with van der Waals surface area (Å²) in [5.74, 6) is 1.59. The average molecular weight is 349 g/mol. The molecule has 1 aromatic carbocycles. The van der Waals surface area contributed by atoms with Crippen LogP contribution < -0.4 is 4.74 Å². The van der Waals surface area contributed by atoms with Gasteiger partial charge in [-0.05, 0) is 38.7 Å². The highest BCUT2D eigenvalue weighted by molar-refractivity contribution is 8.15. The molecular formula is C16H19N3O2S2. The number of benzene rings is 1. The van der Waals surface area contributed by atoms with Crippen LogP contribution in [0.15, 0.2) is 23.2 Å². The van der Waals surface area contributed by atoms with E-state index in [1.54, 1.807) is 23.1 Å². The molecule has 0 N–H and O–H groups in total. The van der Waals surface area contributed by atoms with Gasteiger partial charge in [0.05, 0.1) is 16.8 Å². The smallest absolute Gasteiger partial charge is 0.149 e. The molecule has 0 saturated heterocycles. The van der Waals surface area contributed by atoms with Crippen molar-refractivity contribution in [3.8, 4) is 5.75 Å². The highest BCUT2D eigenvalue weighted by atomic mass is 32.2. The van der Waals surface area contributed by atoms with E-state index in [0.717, 1.165) is 51.0 Å². The molecule has 1 atom stereocenters. The molecule has 1 aliphatic rings. The number of aldehydes is 1. The minimum Gasteiger partial charge on any atom is -0.493 e. The van der Waals surface area contributed by atoms with Crippen molar-refractivity contribution in [3.05, 3.63) is 23.2 Å². The van der Waals surface area contributed by atoms with Crippen molar-refractivity contribution in [1.29, 1.82) is 0 Å². The highest BCUT2D eigenvalue weighted by Gasteiger charge is 2.21. The third-order valence-electron chi connectivity index (χ3n) is 3.39. The first kappa shape index (κ1) is 16.4. The van der Waals surface area contributed by atoms with Gasteiger partial charge in [0, 0.05) is 12.3 Å². The van der Waals surface area contributed by atoms with Gasteiger partial charge in [0.1, 0.15) is 28.1 Å². The molecule has 0 aliphatic carbocycles. The number of hydrogen-bond acceptors (Lipinski definition) is 7. The maximum atomic E-state index is 10.8. The molecule has 122 valence electrons. The van der Waals surface area contributed by atoms with Gasteiger partial charge in [-0.3, -0.25) is 4.99 Å². The van der Waals surface area contributed by atoms with E-state index < -0.39 is 0 Å². The molecule has 7 heteroatoms. The maximum Gasteiger partial charge on any atom is 0.149 e. The molecule has 0 saturated carbocycles. The van der Waals surface area contributed by atoms with E-state index in [0.29, 0.717) is 6.61 Å². The van der Waals surface area contributed by atoms with E-state index in [-0.39, 0.29) is 6.04 Å². The van der Waals surface area contributed by atoms with Crippen LogP contribution in [0.3, 0.4) is 0 Å². The molecule has 0 spiro atoms. The Kier molecular flexibility index (Phi) is 5.30. The Hall–Kier alpha value is -1.44. The van der Waals surface area contributed by atoms with Crippen molar-refractivity contribution in [3.63, 3.8) is 0 Å². The summed E-state index contributed by atoms with van der Waals surface area (Å²) in [4.78, 5) is 22.0. The Morgan fingerprint density at radius 2 is 2.30 bits per heavy atom. The minimum atomic E-state index is -0.224. The quantitative estimate of drug-likeness (QED) is 0.568. The van der Waals surface area contributed by atoms with Gasteiger partial charge in [-0.25, -0.2) is 4.98 Å². The fourth-order valence-corrected chi connectivity index (χ4v) is 4.28. The number of thioether (sulfide) groups is 1. The molecule has 1 unspecified atom stereocenters. The number of carbonyl (C=O) groups is 1. The maximum absolute atomic E-state index is 10.8. The molecule has 2 aromatic rings. The highest BCUT2D eigenvalue weighted by Crippen LogP contribution is 2.31. The second kappa shape index (κ2) is 7.42. The first-order valence-electron chi connectivity index (χ1n) is 7.50. The van der Waals surface area contributed by atoms with Crippen LogP contribution in [-0.2, 0) is 4.79 Å². The molecule has 5 nitrogen and oxygen atoms in total. The lowest BCUT2D eigenvalue weighted by molar-refractivity contribution is -0.108. The number of rotatable bonds is 7. The summed E-state index contributed by atoms with van der Waals surface area (Å²) < 4.78 is 6.89. The number of ether oxygens (including phenoxy) is 1. The predicted octanol–water partition coefficient (Wildman–Crippen LogP) is 2.69. The Morgan fingerprint density at radius 3 is 3.04 bits per heavy atom.